The average Bonchev–Trinajstić information content (AvgIpc) is 2.28. The molecule has 0 spiro atoms. The van der Waals surface area contributed by atoms with Gasteiger partial charge in [0.05, 0.1) is 4.92 Å². The predicted octanol–water partition coefficient (Wildman–Crippen LogP) is 2.65. The summed E-state index contributed by atoms with van der Waals surface area (Å²) in [5.74, 6) is -0.457. The highest BCUT2D eigenvalue weighted by molar-refractivity contribution is 5.41. The van der Waals surface area contributed by atoms with Crippen molar-refractivity contribution in [3.8, 4) is 0 Å². The maximum Gasteiger partial charge on any atom is 0.272 e. The minimum atomic E-state index is -0.485. The van der Waals surface area contributed by atoms with E-state index < -0.39 is 10.7 Å². The number of hydrogen-bond acceptors (Lipinski definition) is 3. The van der Waals surface area contributed by atoms with Crippen LogP contribution in [-0.2, 0) is 6.42 Å². The summed E-state index contributed by atoms with van der Waals surface area (Å²) in [6, 6.07) is 3.53. The summed E-state index contributed by atoms with van der Waals surface area (Å²) in [7, 11) is 0. The Balaban J connectivity index is 3.12. The minimum Gasteiger partial charge on any atom is -0.330 e. The Labute approximate surface area is 99.8 Å². The number of nitrogens with two attached hydrogens (primary N) is 1. The lowest BCUT2D eigenvalue weighted by atomic mass is 9.81. The molecule has 0 heterocycles. The number of halogens is 1. The Morgan fingerprint density at radius 2 is 2.18 bits per heavy atom. The van der Waals surface area contributed by atoms with Gasteiger partial charge < -0.3 is 5.73 Å². The molecule has 5 heteroatoms. The van der Waals surface area contributed by atoms with Gasteiger partial charge in [-0.15, -0.1) is 0 Å². The molecule has 1 aromatic rings. The molecule has 17 heavy (non-hydrogen) atoms. The van der Waals surface area contributed by atoms with Gasteiger partial charge in [0, 0.05) is 11.6 Å². The molecule has 2 N–H and O–H groups in total. The van der Waals surface area contributed by atoms with Crippen LogP contribution >= 0.6 is 0 Å². The van der Waals surface area contributed by atoms with E-state index in [9.17, 15) is 14.5 Å². The van der Waals surface area contributed by atoms with Crippen molar-refractivity contribution in [2.75, 3.05) is 6.54 Å². The van der Waals surface area contributed by atoms with E-state index in [1.165, 1.54) is 12.1 Å². The fourth-order valence-electron chi connectivity index (χ4n) is 1.68. The van der Waals surface area contributed by atoms with E-state index >= 15 is 0 Å². The number of rotatable bonds is 5. The summed E-state index contributed by atoms with van der Waals surface area (Å²) < 4.78 is 13.1. The molecular formula is C12H17FN2O2. The van der Waals surface area contributed by atoms with E-state index in [0.29, 0.717) is 18.5 Å². The van der Waals surface area contributed by atoms with Crippen LogP contribution in [0.1, 0.15) is 25.8 Å². The largest absolute Gasteiger partial charge is 0.330 e. The van der Waals surface area contributed by atoms with E-state index in [0.717, 1.165) is 12.5 Å². The summed E-state index contributed by atoms with van der Waals surface area (Å²) in [6.07, 6.45) is 1.20. The Morgan fingerprint density at radius 1 is 1.53 bits per heavy atom. The molecular weight excluding hydrogens is 223 g/mol. The van der Waals surface area contributed by atoms with Crippen LogP contribution in [0.25, 0.3) is 0 Å². The maximum absolute atomic E-state index is 13.1. The van der Waals surface area contributed by atoms with Crippen molar-refractivity contribution < 1.29 is 9.31 Å². The van der Waals surface area contributed by atoms with Crippen LogP contribution in [0.3, 0.4) is 0 Å². The zero-order chi connectivity index (χ0) is 13.1. The zero-order valence-electron chi connectivity index (χ0n) is 10.1. The lowest BCUT2D eigenvalue weighted by Crippen LogP contribution is -2.29. The third-order valence-corrected chi connectivity index (χ3v) is 3.20. The first-order chi connectivity index (χ1) is 7.91. The van der Waals surface area contributed by atoms with Gasteiger partial charge in [0.25, 0.3) is 5.69 Å². The second-order valence-corrected chi connectivity index (χ2v) is 4.58. The summed E-state index contributed by atoms with van der Waals surface area (Å²) in [6.45, 7) is 4.33. The number of nitro benzene ring substituents is 1. The van der Waals surface area contributed by atoms with Gasteiger partial charge in [-0.2, -0.15) is 0 Å². The van der Waals surface area contributed by atoms with Gasteiger partial charge in [-0.3, -0.25) is 10.1 Å². The zero-order valence-corrected chi connectivity index (χ0v) is 10.1. The molecule has 1 aromatic carbocycles. The smallest absolute Gasteiger partial charge is 0.272 e. The molecule has 94 valence electrons. The van der Waals surface area contributed by atoms with Gasteiger partial charge in [-0.25, -0.2) is 4.39 Å². The number of nitro groups is 1. The monoisotopic (exact) mass is 240 g/mol. The molecule has 0 radical (unpaired) electrons. The van der Waals surface area contributed by atoms with Gasteiger partial charge >= 0.3 is 0 Å². The summed E-state index contributed by atoms with van der Waals surface area (Å²) in [4.78, 5) is 10.4. The van der Waals surface area contributed by atoms with E-state index in [2.05, 4.69) is 0 Å². The molecule has 0 bridgehead atoms. The van der Waals surface area contributed by atoms with Crippen molar-refractivity contribution in [1.82, 2.24) is 0 Å². The lowest BCUT2D eigenvalue weighted by Gasteiger charge is -2.26. The van der Waals surface area contributed by atoms with Crippen LogP contribution in [0, 0.1) is 21.3 Å². The number of benzene rings is 1. The molecule has 1 rings (SSSR count). The highest BCUT2D eigenvalue weighted by Crippen LogP contribution is 2.30. The Hall–Kier alpha value is -1.49. The van der Waals surface area contributed by atoms with Crippen molar-refractivity contribution in [3.63, 3.8) is 0 Å². The summed E-state index contributed by atoms with van der Waals surface area (Å²) in [5.41, 5.74) is 5.79. The van der Waals surface area contributed by atoms with Crippen molar-refractivity contribution in [3.05, 3.63) is 39.7 Å². The first-order valence-electron chi connectivity index (χ1n) is 5.55. The Kier molecular flexibility index (Phi) is 4.17. The second kappa shape index (κ2) is 5.23. The van der Waals surface area contributed by atoms with Crippen molar-refractivity contribution in [2.45, 2.75) is 26.7 Å². The topological polar surface area (TPSA) is 69.2 Å². The highest BCUT2D eigenvalue weighted by atomic mass is 19.1. The van der Waals surface area contributed by atoms with Crippen molar-refractivity contribution >= 4 is 5.69 Å². The molecule has 0 saturated carbocycles. The third-order valence-electron chi connectivity index (χ3n) is 3.20. The van der Waals surface area contributed by atoms with Crippen LogP contribution in [0.2, 0.25) is 0 Å². The van der Waals surface area contributed by atoms with Crippen molar-refractivity contribution in [1.29, 1.82) is 0 Å². The Morgan fingerprint density at radius 3 is 2.65 bits per heavy atom. The van der Waals surface area contributed by atoms with Crippen LogP contribution in [-0.4, -0.2) is 11.5 Å². The highest BCUT2D eigenvalue weighted by Gasteiger charge is 2.25. The quantitative estimate of drug-likeness (QED) is 0.635. The van der Waals surface area contributed by atoms with E-state index in [-0.39, 0.29) is 11.1 Å². The fourth-order valence-corrected chi connectivity index (χ4v) is 1.68. The normalized spacial score (nSPS) is 14.4. The Bertz CT molecular complexity index is 417. The lowest BCUT2D eigenvalue weighted by molar-refractivity contribution is -0.385. The molecule has 1 atom stereocenters. The predicted molar refractivity (Wildman–Crippen MR) is 64.2 cm³/mol. The molecule has 1 unspecified atom stereocenters. The summed E-state index contributed by atoms with van der Waals surface area (Å²) >= 11 is 0. The van der Waals surface area contributed by atoms with Gasteiger partial charge in [0.15, 0.2) is 0 Å². The van der Waals surface area contributed by atoms with Crippen LogP contribution < -0.4 is 5.73 Å². The average molecular weight is 240 g/mol. The first kappa shape index (κ1) is 13.6. The van der Waals surface area contributed by atoms with E-state index in [1.807, 2.05) is 13.8 Å². The standard InChI is InChI=1S/C12H17FN2O2/c1-3-12(2,8-14)7-9-6-10(13)4-5-11(9)15(16)17/h4-6H,3,7-8,14H2,1-2H3. The second-order valence-electron chi connectivity index (χ2n) is 4.58. The van der Waals surface area contributed by atoms with Crippen molar-refractivity contribution in [2.24, 2.45) is 11.1 Å². The number of hydrogen-bond donors (Lipinski definition) is 1. The first-order valence-corrected chi connectivity index (χ1v) is 5.55. The van der Waals surface area contributed by atoms with E-state index in [1.54, 1.807) is 0 Å². The summed E-state index contributed by atoms with van der Waals surface area (Å²) in [5, 5.41) is 10.8. The van der Waals surface area contributed by atoms with Crippen LogP contribution in [0.5, 0.6) is 0 Å². The SMILES string of the molecule is CCC(C)(CN)Cc1cc(F)ccc1[N+](=O)[O-]. The molecule has 0 aliphatic heterocycles. The molecule has 0 aromatic heterocycles. The van der Waals surface area contributed by atoms with Gasteiger partial charge in [-0.1, -0.05) is 13.8 Å². The molecule has 0 aliphatic rings. The molecule has 4 nitrogen and oxygen atoms in total. The van der Waals surface area contributed by atoms with Gasteiger partial charge in [0.1, 0.15) is 5.82 Å². The number of nitrogens with zero attached hydrogens (tertiary/aromatic N) is 1. The van der Waals surface area contributed by atoms with Gasteiger partial charge in [0.2, 0.25) is 0 Å². The molecule has 0 fully saturated rings. The van der Waals surface area contributed by atoms with E-state index in [4.69, 9.17) is 5.73 Å². The molecule has 0 amide bonds. The van der Waals surface area contributed by atoms with Crippen LogP contribution in [0.15, 0.2) is 18.2 Å². The van der Waals surface area contributed by atoms with Crippen LogP contribution in [0.4, 0.5) is 10.1 Å². The molecule has 0 aliphatic carbocycles. The maximum atomic E-state index is 13.1. The minimum absolute atomic E-state index is 0.0421. The third kappa shape index (κ3) is 3.23. The van der Waals surface area contributed by atoms with Gasteiger partial charge in [-0.05, 0) is 36.9 Å². The fraction of sp³-hybridized carbons (Fsp3) is 0.500. The molecule has 0 saturated heterocycles.